The van der Waals surface area contributed by atoms with Crippen LogP contribution in [0.1, 0.15) is 37.9 Å². The van der Waals surface area contributed by atoms with Gasteiger partial charge in [-0.05, 0) is 36.1 Å². The van der Waals surface area contributed by atoms with E-state index in [-0.39, 0.29) is 0 Å². The van der Waals surface area contributed by atoms with Gasteiger partial charge in [0.25, 0.3) is 0 Å². The molecule has 0 aliphatic carbocycles. The van der Waals surface area contributed by atoms with Gasteiger partial charge in [0.15, 0.2) is 0 Å². The summed E-state index contributed by atoms with van der Waals surface area (Å²) in [7, 11) is 0. The molecule has 0 aliphatic heterocycles. The van der Waals surface area contributed by atoms with Crippen molar-refractivity contribution in [2.24, 2.45) is 0 Å². The van der Waals surface area contributed by atoms with E-state index in [2.05, 4.69) is 61.8 Å². The van der Waals surface area contributed by atoms with E-state index in [1.54, 1.807) is 0 Å². The molecule has 1 aromatic heterocycles. The standard InChI is InChI=1S/C18H21N/c1-4-7-15-10-12-16(13-11-15)18-9-6-8-17(19-18)14(3)5-2/h6,8-13H,3-5,7H2,1-2H3. The molecule has 0 bridgehead atoms. The van der Waals surface area contributed by atoms with Crippen LogP contribution in [-0.2, 0) is 6.42 Å². The van der Waals surface area contributed by atoms with Gasteiger partial charge in [-0.2, -0.15) is 0 Å². The quantitative estimate of drug-likeness (QED) is 0.718. The number of nitrogens with zero attached hydrogens (tertiary/aromatic N) is 1. The Labute approximate surface area is 116 Å². The van der Waals surface area contributed by atoms with E-state index >= 15 is 0 Å². The molecule has 98 valence electrons. The molecule has 0 atom stereocenters. The maximum atomic E-state index is 4.69. The first kappa shape index (κ1) is 13.5. The summed E-state index contributed by atoms with van der Waals surface area (Å²) in [4.78, 5) is 4.69. The summed E-state index contributed by atoms with van der Waals surface area (Å²) in [6.07, 6.45) is 3.26. The molecule has 1 aromatic carbocycles. The second-order valence-corrected chi connectivity index (χ2v) is 4.81. The number of aryl methyl sites for hydroxylation is 1. The van der Waals surface area contributed by atoms with Crippen LogP contribution in [0.15, 0.2) is 49.0 Å². The Morgan fingerprint density at radius 2 is 1.79 bits per heavy atom. The lowest BCUT2D eigenvalue weighted by molar-refractivity contribution is 0.922. The molecule has 1 heteroatoms. The number of benzene rings is 1. The highest BCUT2D eigenvalue weighted by atomic mass is 14.7. The minimum Gasteiger partial charge on any atom is -0.248 e. The Kier molecular flexibility index (Phi) is 4.51. The highest BCUT2D eigenvalue weighted by Gasteiger charge is 2.03. The van der Waals surface area contributed by atoms with Gasteiger partial charge in [-0.1, -0.05) is 57.2 Å². The Balaban J connectivity index is 2.28. The van der Waals surface area contributed by atoms with E-state index in [9.17, 15) is 0 Å². The van der Waals surface area contributed by atoms with Gasteiger partial charge in [-0.25, -0.2) is 4.98 Å². The number of rotatable bonds is 5. The Morgan fingerprint density at radius 1 is 1.05 bits per heavy atom. The van der Waals surface area contributed by atoms with Crippen molar-refractivity contribution in [1.29, 1.82) is 0 Å². The molecule has 19 heavy (non-hydrogen) atoms. The van der Waals surface area contributed by atoms with E-state index in [0.717, 1.165) is 29.8 Å². The SMILES string of the molecule is C=C(CC)c1cccc(-c2ccc(CCC)cc2)n1. The van der Waals surface area contributed by atoms with Crippen molar-refractivity contribution in [3.8, 4) is 11.3 Å². The van der Waals surface area contributed by atoms with E-state index in [1.807, 2.05) is 6.07 Å². The predicted octanol–water partition coefficient (Wildman–Crippen LogP) is 5.12. The summed E-state index contributed by atoms with van der Waals surface area (Å²) in [5, 5.41) is 0. The minimum absolute atomic E-state index is 0.936. The van der Waals surface area contributed by atoms with Gasteiger partial charge in [0, 0.05) is 5.56 Å². The average molecular weight is 251 g/mol. The third-order valence-electron chi connectivity index (χ3n) is 3.33. The summed E-state index contributed by atoms with van der Waals surface area (Å²) < 4.78 is 0. The van der Waals surface area contributed by atoms with Crippen molar-refractivity contribution in [1.82, 2.24) is 4.98 Å². The van der Waals surface area contributed by atoms with Crippen LogP contribution >= 0.6 is 0 Å². The number of pyridine rings is 1. The maximum absolute atomic E-state index is 4.69. The van der Waals surface area contributed by atoms with Gasteiger partial charge in [-0.15, -0.1) is 0 Å². The van der Waals surface area contributed by atoms with Gasteiger partial charge in [0.2, 0.25) is 0 Å². The Hall–Kier alpha value is -1.89. The van der Waals surface area contributed by atoms with Crippen LogP contribution in [-0.4, -0.2) is 4.98 Å². The summed E-state index contributed by atoms with van der Waals surface area (Å²) in [5.74, 6) is 0. The van der Waals surface area contributed by atoms with Crippen LogP contribution in [0, 0.1) is 0 Å². The lowest BCUT2D eigenvalue weighted by atomic mass is 10.0. The highest BCUT2D eigenvalue weighted by Crippen LogP contribution is 2.21. The molecule has 0 N–H and O–H groups in total. The molecule has 0 amide bonds. The first-order chi connectivity index (χ1) is 9.24. The van der Waals surface area contributed by atoms with E-state index in [4.69, 9.17) is 0 Å². The molecule has 2 rings (SSSR count). The summed E-state index contributed by atoms with van der Waals surface area (Å²) in [6, 6.07) is 14.8. The lowest BCUT2D eigenvalue weighted by Gasteiger charge is -2.06. The first-order valence-electron chi connectivity index (χ1n) is 6.99. The molecular weight excluding hydrogens is 230 g/mol. The van der Waals surface area contributed by atoms with Crippen molar-refractivity contribution in [3.05, 3.63) is 60.3 Å². The smallest absolute Gasteiger partial charge is 0.0709 e. The van der Waals surface area contributed by atoms with E-state index in [1.165, 1.54) is 17.5 Å². The fourth-order valence-electron chi connectivity index (χ4n) is 2.10. The van der Waals surface area contributed by atoms with Crippen molar-refractivity contribution in [3.63, 3.8) is 0 Å². The lowest BCUT2D eigenvalue weighted by Crippen LogP contribution is -1.91. The third-order valence-corrected chi connectivity index (χ3v) is 3.33. The zero-order valence-corrected chi connectivity index (χ0v) is 11.8. The van der Waals surface area contributed by atoms with E-state index in [0.29, 0.717) is 0 Å². The molecule has 0 aliphatic rings. The van der Waals surface area contributed by atoms with Crippen LogP contribution in [0.2, 0.25) is 0 Å². The van der Waals surface area contributed by atoms with Crippen LogP contribution < -0.4 is 0 Å². The number of hydrogen-bond acceptors (Lipinski definition) is 1. The molecule has 0 fully saturated rings. The van der Waals surface area contributed by atoms with Gasteiger partial charge in [0.05, 0.1) is 11.4 Å². The van der Waals surface area contributed by atoms with Crippen LogP contribution in [0.3, 0.4) is 0 Å². The minimum atomic E-state index is 0.936. The fourth-order valence-corrected chi connectivity index (χ4v) is 2.10. The fraction of sp³-hybridized carbons (Fsp3) is 0.278. The maximum Gasteiger partial charge on any atom is 0.0709 e. The molecule has 2 aromatic rings. The van der Waals surface area contributed by atoms with Crippen molar-refractivity contribution >= 4 is 5.57 Å². The second kappa shape index (κ2) is 6.33. The largest absolute Gasteiger partial charge is 0.248 e. The van der Waals surface area contributed by atoms with Gasteiger partial charge in [-0.3, -0.25) is 0 Å². The molecule has 1 nitrogen and oxygen atoms in total. The first-order valence-corrected chi connectivity index (χ1v) is 6.99. The molecule has 0 radical (unpaired) electrons. The number of aromatic nitrogens is 1. The molecule has 0 spiro atoms. The number of allylic oxidation sites excluding steroid dienone is 1. The highest BCUT2D eigenvalue weighted by molar-refractivity contribution is 5.65. The topological polar surface area (TPSA) is 12.9 Å². The third kappa shape index (κ3) is 3.31. The Morgan fingerprint density at radius 3 is 2.42 bits per heavy atom. The molecular formula is C18H21N. The summed E-state index contributed by atoms with van der Waals surface area (Å²) in [6.45, 7) is 8.37. The van der Waals surface area contributed by atoms with Gasteiger partial charge in [0.1, 0.15) is 0 Å². The Bertz CT molecular complexity index is 552. The molecule has 0 saturated carbocycles. The van der Waals surface area contributed by atoms with Crippen molar-refractivity contribution < 1.29 is 0 Å². The predicted molar refractivity (Wildman–Crippen MR) is 83.0 cm³/mol. The van der Waals surface area contributed by atoms with Gasteiger partial charge < -0.3 is 0 Å². The monoisotopic (exact) mass is 251 g/mol. The van der Waals surface area contributed by atoms with Crippen LogP contribution in [0.5, 0.6) is 0 Å². The normalized spacial score (nSPS) is 10.4. The van der Waals surface area contributed by atoms with E-state index < -0.39 is 0 Å². The molecule has 0 unspecified atom stereocenters. The zero-order valence-electron chi connectivity index (χ0n) is 11.8. The number of hydrogen-bond donors (Lipinski definition) is 0. The van der Waals surface area contributed by atoms with Gasteiger partial charge >= 0.3 is 0 Å². The molecule has 1 heterocycles. The summed E-state index contributed by atoms with van der Waals surface area (Å²) >= 11 is 0. The average Bonchev–Trinajstić information content (AvgIpc) is 2.48. The molecule has 0 saturated heterocycles. The van der Waals surface area contributed by atoms with Crippen molar-refractivity contribution in [2.75, 3.05) is 0 Å². The second-order valence-electron chi connectivity index (χ2n) is 4.81. The van der Waals surface area contributed by atoms with Crippen LogP contribution in [0.4, 0.5) is 0 Å². The zero-order chi connectivity index (χ0) is 13.7. The van der Waals surface area contributed by atoms with Crippen LogP contribution in [0.25, 0.3) is 16.8 Å². The summed E-state index contributed by atoms with van der Waals surface area (Å²) in [5.41, 5.74) is 5.67. The van der Waals surface area contributed by atoms with Crippen molar-refractivity contribution in [2.45, 2.75) is 33.1 Å².